The van der Waals surface area contributed by atoms with Gasteiger partial charge < -0.3 is 16.0 Å². The lowest BCUT2D eigenvalue weighted by Gasteiger charge is -2.27. The van der Waals surface area contributed by atoms with Crippen molar-refractivity contribution in [2.75, 3.05) is 12.0 Å². The summed E-state index contributed by atoms with van der Waals surface area (Å²) in [5.41, 5.74) is 0.330. The van der Waals surface area contributed by atoms with Gasteiger partial charge in [-0.2, -0.15) is 0 Å². The van der Waals surface area contributed by atoms with E-state index in [1.165, 1.54) is 24.3 Å². The van der Waals surface area contributed by atoms with Crippen LogP contribution in [0.5, 0.6) is 0 Å². The minimum absolute atomic E-state index is 0.0469. The topological polar surface area (TPSA) is 96.3 Å². The van der Waals surface area contributed by atoms with E-state index in [9.17, 15) is 19.3 Å². The predicted octanol–water partition coefficient (Wildman–Crippen LogP) is 2.66. The van der Waals surface area contributed by atoms with Gasteiger partial charge in [-0.3, -0.25) is 14.9 Å². The summed E-state index contributed by atoms with van der Waals surface area (Å²) in [4.78, 5) is 21.1. The number of non-ortho nitro benzene ring substituents is 1. The molecule has 0 unspecified atom stereocenters. The lowest BCUT2D eigenvalue weighted by Crippen LogP contribution is -2.56. The number of thiocarbonyl (C=S) groups is 1. The Kier molecular flexibility index (Phi) is 7.20. The van der Waals surface area contributed by atoms with E-state index >= 15 is 0 Å². The van der Waals surface area contributed by atoms with Crippen LogP contribution in [0.2, 0.25) is 0 Å². The molecule has 0 spiro atoms. The van der Waals surface area contributed by atoms with Crippen LogP contribution in [0.1, 0.15) is 0 Å². The molecule has 3 N–H and O–H groups in total. The highest BCUT2D eigenvalue weighted by atomic mass is 35.6. The fourth-order valence-corrected chi connectivity index (χ4v) is 1.93. The van der Waals surface area contributed by atoms with Gasteiger partial charge in [0.15, 0.2) is 11.8 Å². The molecule has 0 aliphatic carbocycles. The molecule has 0 aliphatic heterocycles. The minimum Gasteiger partial charge on any atom is -0.339 e. The number of halogens is 4. The Morgan fingerprint density at radius 1 is 1.30 bits per heavy atom. The van der Waals surface area contributed by atoms with Crippen LogP contribution in [0.3, 0.4) is 0 Å². The summed E-state index contributed by atoms with van der Waals surface area (Å²) in [6, 6.07) is 5.36. The molecule has 126 valence electrons. The lowest BCUT2D eigenvalue weighted by atomic mass is 10.3. The van der Waals surface area contributed by atoms with Crippen LogP contribution in [0, 0.1) is 10.1 Å². The van der Waals surface area contributed by atoms with Crippen LogP contribution in [0.4, 0.5) is 15.8 Å². The molecule has 0 radical (unpaired) electrons. The number of nitrogens with zero attached hydrogens (tertiary/aromatic N) is 1. The molecule has 0 bridgehead atoms. The first-order chi connectivity index (χ1) is 10.6. The van der Waals surface area contributed by atoms with E-state index in [1.54, 1.807) is 0 Å². The van der Waals surface area contributed by atoms with Gasteiger partial charge in [0.25, 0.3) is 11.6 Å². The maximum atomic E-state index is 12.2. The van der Waals surface area contributed by atoms with Gasteiger partial charge in [-0.15, -0.1) is 0 Å². The number of carbonyl (C=O) groups is 1. The van der Waals surface area contributed by atoms with Crippen molar-refractivity contribution in [3.8, 4) is 0 Å². The number of alkyl halides is 4. The summed E-state index contributed by atoms with van der Waals surface area (Å²) in [6.45, 7) is -1.29. The number of anilines is 1. The number of nitro groups is 1. The van der Waals surface area contributed by atoms with Gasteiger partial charge in [-0.05, 0) is 24.4 Å². The fraction of sp³-hybridized carbons (Fsp3) is 0.273. The molecule has 1 atom stereocenters. The quantitative estimate of drug-likeness (QED) is 0.230. The zero-order chi connectivity index (χ0) is 17.6. The predicted molar refractivity (Wildman–Crippen MR) is 90.6 cm³/mol. The number of amides is 1. The molecule has 0 aliphatic rings. The Bertz CT molecular complexity index is 597. The van der Waals surface area contributed by atoms with Crippen LogP contribution in [-0.2, 0) is 4.79 Å². The monoisotopic (exact) mass is 402 g/mol. The summed E-state index contributed by atoms with van der Waals surface area (Å²) in [7, 11) is 0. The van der Waals surface area contributed by atoms with E-state index < -0.39 is 27.5 Å². The van der Waals surface area contributed by atoms with Crippen LogP contribution >= 0.6 is 47.0 Å². The smallest absolute Gasteiger partial charge is 0.269 e. The van der Waals surface area contributed by atoms with Gasteiger partial charge in [0.2, 0.25) is 3.79 Å². The lowest BCUT2D eigenvalue weighted by molar-refractivity contribution is -0.384. The van der Waals surface area contributed by atoms with Crippen molar-refractivity contribution >= 4 is 69.4 Å². The molecule has 0 fully saturated rings. The number of nitro benzene ring substituents is 1. The zero-order valence-corrected chi connectivity index (χ0v) is 14.3. The van der Waals surface area contributed by atoms with E-state index in [1.807, 2.05) is 0 Å². The largest absolute Gasteiger partial charge is 0.339 e. The first-order valence-corrected chi connectivity index (χ1v) is 7.41. The molecule has 0 saturated heterocycles. The minimum atomic E-state index is -1.99. The van der Waals surface area contributed by atoms with Gasteiger partial charge in [-0.1, -0.05) is 34.8 Å². The Morgan fingerprint density at radius 3 is 2.30 bits per heavy atom. The van der Waals surface area contributed by atoms with Crippen molar-refractivity contribution in [1.82, 2.24) is 10.6 Å². The van der Waals surface area contributed by atoms with Crippen molar-refractivity contribution in [3.05, 3.63) is 34.4 Å². The van der Waals surface area contributed by atoms with E-state index in [0.29, 0.717) is 5.69 Å². The Balaban J connectivity index is 2.71. The van der Waals surface area contributed by atoms with Crippen molar-refractivity contribution in [2.45, 2.75) is 9.96 Å². The third-order valence-electron chi connectivity index (χ3n) is 2.37. The van der Waals surface area contributed by atoms with E-state index in [4.69, 9.17) is 47.0 Å². The highest BCUT2D eigenvalue weighted by Gasteiger charge is 2.34. The number of carbonyl (C=O) groups excluding carboxylic acids is 1. The first-order valence-electron chi connectivity index (χ1n) is 5.87. The highest BCUT2D eigenvalue weighted by Crippen LogP contribution is 2.29. The summed E-state index contributed by atoms with van der Waals surface area (Å²) in [5, 5.41) is 17.8. The van der Waals surface area contributed by atoms with Crippen molar-refractivity contribution < 1.29 is 14.1 Å². The normalized spacial score (nSPS) is 12.2. The summed E-state index contributed by atoms with van der Waals surface area (Å²) >= 11 is 22.0. The SMILES string of the molecule is O=C(CF)N[C@H](NC(=S)Nc1ccc([N+](=O)[O-])cc1)C(Cl)(Cl)Cl. The van der Waals surface area contributed by atoms with Gasteiger partial charge in [0.05, 0.1) is 4.92 Å². The van der Waals surface area contributed by atoms with Gasteiger partial charge in [0.1, 0.15) is 6.17 Å². The molecule has 1 rings (SSSR count). The van der Waals surface area contributed by atoms with Gasteiger partial charge in [-0.25, -0.2) is 4.39 Å². The molecule has 0 saturated carbocycles. The fourth-order valence-electron chi connectivity index (χ4n) is 1.36. The molecule has 0 heterocycles. The zero-order valence-electron chi connectivity index (χ0n) is 11.2. The molecule has 1 aromatic carbocycles. The van der Waals surface area contributed by atoms with Crippen LogP contribution in [-0.4, -0.2) is 32.6 Å². The maximum absolute atomic E-state index is 12.2. The van der Waals surface area contributed by atoms with Crippen LogP contribution in [0.25, 0.3) is 0 Å². The summed E-state index contributed by atoms with van der Waals surface area (Å²) in [6.07, 6.45) is -1.28. The van der Waals surface area contributed by atoms with E-state index in [2.05, 4.69) is 16.0 Å². The van der Waals surface area contributed by atoms with Crippen LogP contribution in [0.15, 0.2) is 24.3 Å². The molecule has 7 nitrogen and oxygen atoms in total. The highest BCUT2D eigenvalue weighted by molar-refractivity contribution is 7.80. The molecular formula is C11H10Cl3FN4O3S. The second-order valence-electron chi connectivity index (χ2n) is 4.08. The third kappa shape index (κ3) is 6.69. The number of hydrogen-bond acceptors (Lipinski definition) is 4. The first kappa shape index (κ1) is 19.6. The van der Waals surface area contributed by atoms with Crippen molar-refractivity contribution in [2.24, 2.45) is 0 Å². The van der Waals surface area contributed by atoms with Gasteiger partial charge >= 0.3 is 0 Å². The average molecular weight is 404 g/mol. The Hall–Kier alpha value is -1.42. The van der Waals surface area contributed by atoms with E-state index in [-0.39, 0.29) is 10.8 Å². The average Bonchev–Trinajstić information content (AvgIpc) is 2.45. The molecule has 12 heteroatoms. The maximum Gasteiger partial charge on any atom is 0.269 e. The van der Waals surface area contributed by atoms with Gasteiger partial charge in [0, 0.05) is 17.8 Å². The molecule has 23 heavy (non-hydrogen) atoms. The summed E-state index contributed by atoms with van der Waals surface area (Å²) < 4.78 is 10.3. The Labute approximate surface area is 150 Å². The summed E-state index contributed by atoms with van der Waals surface area (Å²) in [5.74, 6) is -0.994. The molecule has 0 aromatic heterocycles. The second kappa shape index (κ2) is 8.44. The number of rotatable bonds is 5. The number of benzene rings is 1. The standard InChI is InChI=1S/C11H10Cl3FN4O3S/c12-11(13,14)9(17-8(20)5-15)18-10(23)16-6-1-3-7(4-2-6)19(21)22/h1-4,9H,5H2,(H,17,20)(H2,16,18,23)/t9-/m1/s1. The molecule has 1 amide bonds. The molecular weight excluding hydrogens is 394 g/mol. The van der Waals surface area contributed by atoms with E-state index in [0.717, 1.165) is 0 Å². The van der Waals surface area contributed by atoms with Crippen LogP contribution < -0.4 is 16.0 Å². The van der Waals surface area contributed by atoms with Crippen molar-refractivity contribution in [1.29, 1.82) is 0 Å². The third-order valence-corrected chi connectivity index (χ3v) is 3.24. The number of nitrogens with one attached hydrogen (secondary N) is 3. The van der Waals surface area contributed by atoms with Crippen molar-refractivity contribution in [3.63, 3.8) is 0 Å². The Morgan fingerprint density at radius 2 is 1.87 bits per heavy atom. The number of hydrogen-bond donors (Lipinski definition) is 3. The molecule has 1 aromatic rings. The second-order valence-corrected chi connectivity index (χ2v) is 6.86.